The van der Waals surface area contributed by atoms with Crippen LogP contribution in [0.3, 0.4) is 0 Å². The fraction of sp³-hybridized carbons (Fsp3) is 0.0556. The van der Waals surface area contributed by atoms with Crippen molar-refractivity contribution in [3.8, 4) is 33.4 Å². The van der Waals surface area contributed by atoms with E-state index in [0.717, 1.165) is 45.4 Å². The van der Waals surface area contributed by atoms with Gasteiger partial charge in [0, 0.05) is 45.3 Å². The number of rotatable bonds is 8. The second-order valence-electron chi connectivity index (χ2n) is 15.3. The third-order valence-corrected chi connectivity index (χ3v) is 11.5. The number of anilines is 6. The molecular formula is C54H41N3. The van der Waals surface area contributed by atoms with E-state index in [0.29, 0.717) is 0 Å². The van der Waals surface area contributed by atoms with E-state index in [-0.39, 0.29) is 5.41 Å². The van der Waals surface area contributed by atoms with Crippen molar-refractivity contribution in [1.29, 1.82) is 0 Å². The van der Waals surface area contributed by atoms with E-state index in [1.54, 1.807) is 0 Å². The van der Waals surface area contributed by atoms with Crippen LogP contribution < -0.4 is 9.80 Å². The summed E-state index contributed by atoms with van der Waals surface area (Å²) in [4.78, 5) is 9.73. The number of aromatic nitrogens is 1. The van der Waals surface area contributed by atoms with Gasteiger partial charge in [0.25, 0.3) is 0 Å². The molecule has 0 saturated carbocycles. The van der Waals surface area contributed by atoms with E-state index >= 15 is 0 Å². The van der Waals surface area contributed by atoms with Crippen molar-refractivity contribution in [2.45, 2.75) is 19.3 Å². The summed E-state index contributed by atoms with van der Waals surface area (Å²) in [5, 5.41) is 2.41. The van der Waals surface area contributed by atoms with Crippen molar-refractivity contribution in [2.24, 2.45) is 0 Å². The molecule has 0 amide bonds. The van der Waals surface area contributed by atoms with Gasteiger partial charge < -0.3 is 4.90 Å². The Morgan fingerprint density at radius 1 is 0.386 bits per heavy atom. The minimum Gasteiger partial charge on any atom is -0.310 e. The average molecular weight is 732 g/mol. The Labute approximate surface area is 334 Å². The molecule has 1 aliphatic rings. The Bertz CT molecular complexity index is 2840. The SMILES string of the molecule is CC1(C)c2ccccc2-c2ccc(N(c3ccccc3)c3ccc(-c4ccc(N(c5ccc(-c6ccccc6)cc5)c5cccc6ccccc56)cc4)cn3)cc21. The topological polar surface area (TPSA) is 19.4 Å². The van der Waals surface area contributed by atoms with Gasteiger partial charge in [0.1, 0.15) is 5.82 Å². The van der Waals surface area contributed by atoms with Gasteiger partial charge >= 0.3 is 0 Å². The summed E-state index contributed by atoms with van der Waals surface area (Å²) in [5.74, 6) is 0.871. The van der Waals surface area contributed by atoms with Crippen molar-refractivity contribution in [1.82, 2.24) is 4.98 Å². The Kier molecular flexibility index (Phi) is 8.49. The molecule has 3 nitrogen and oxygen atoms in total. The first-order valence-electron chi connectivity index (χ1n) is 19.6. The number of hydrogen-bond donors (Lipinski definition) is 0. The smallest absolute Gasteiger partial charge is 0.137 e. The highest BCUT2D eigenvalue weighted by Gasteiger charge is 2.35. The molecule has 0 unspecified atom stereocenters. The highest BCUT2D eigenvalue weighted by atomic mass is 15.2. The van der Waals surface area contributed by atoms with Crippen molar-refractivity contribution >= 4 is 45.0 Å². The molecule has 0 fully saturated rings. The molecule has 3 heteroatoms. The summed E-state index contributed by atoms with van der Waals surface area (Å²) >= 11 is 0. The van der Waals surface area contributed by atoms with Crippen molar-refractivity contribution < 1.29 is 0 Å². The summed E-state index contributed by atoms with van der Waals surface area (Å²) in [6.07, 6.45) is 2.00. The normalized spacial score (nSPS) is 12.5. The van der Waals surface area contributed by atoms with E-state index in [4.69, 9.17) is 4.98 Å². The van der Waals surface area contributed by atoms with Crippen LogP contribution in [0, 0.1) is 0 Å². The van der Waals surface area contributed by atoms with E-state index in [2.05, 4.69) is 230 Å². The van der Waals surface area contributed by atoms with Crippen LogP contribution in [0.15, 0.2) is 212 Å². The van der Waals surface area contributed by atoms with Gasteiger partial charge in [-0.2, -0.15) is 0 Å². The van der Waals surface area contributed by atoms with Crippen LogP contribution in [0.1, 0.15) is 25.0 Å². The van der Waals surface area contributed by atoms with Crippen LogP contribution in [-0.4, -0.2) is 4.98 Å². The zero-order valence-electron chi connectivity index (χ0n) is 32.0. The Morgan fingerprint density at radius 2 is 0.930 bits per heavy atom. The first-order chi connectivity index (χ1) is 28.0. The average Bonchev–Trinajstić information content (AvgIpc) is 3.50. The molecule has 0 N–H and O–H groups in total. The first kappa shape index (κ1) is 34.3. The summed E-state index contributed by atoms with van der Waals surface area (Å²) in [7, 11) is 0. The Hall–Kier alpha value is -7.23. The van der Waals surface area contributed by atoms with Crippen LogP contribution in [0.25, 0.3) is 44.2 Å². The van der Waals surface area contributed by atoms with E-state index in [1.807, 2.05) is 6.20 Å². The third-order valence-electron chi connectivity index (χ3n) is 11.5. The number of pyridine rings is 1. The van der Waals surface area contributed by atoms with Gasteiger partial charge in [0.05, 0.1) is 5.69 Å². The minimum atomic E-state index is -0.0947. The lowest BCUT2D eigenvalue weighted by Crippen LogP contribution is -2.17. The molecule has 1 aliphatic carbocycles. The lowest BCUT2D eigenvalue weighted by atomic mass is 9.82. The number of fused-ring (bicyclic) bond motifs is 4. The van der Waals surface area contributed by atoms with Gasteiger partial charge in [0.15, 0.2) is 0 Å². The molecule has 10 rings (SSSR count). The van der Waals surface area contributed by atoms with Gasteiger partial charge in [-0.25, -0.2) is 4.98 Å². The minimum absolute atomic E-state index is 0.0947. The Balaban J connectivity index is 0.993. The third kappa shape index (κ3) is 6.14. The number of benzene rings is 8. The molecule has 57 heavy (non-hydrogen) atoms. The first-order valence-corrected chi connectivity index (χ1v) is 19.6. The number of hydrogen-bond acceptors (Lipinski definition) is 3. The molecule has 1 heterocycles. The van der Waals surface area contributed by atoms with Crippen LogP contribution in [0.5, 0.6) is 0 Å². The molecule has 9 aromatic rings. The largest absolute Gasteiger partial charge is 0.310 e. The van der Waals surface area contributed by atoms with Gasteiger partial charge in [-0.15, -0.1) is 0 Å². The maximum Gasteiger partial charge on any atom is 0.137 e. The standard InChI is InChI=1S/C54H41N3/c1-54(2)50-22-12-11-21-48(50)49-34-33-46(36-51(49)54)57(43-18-7-4-8-19-43)53-35-28-42(37-55-53)40-26-31-45(32-27-40)56(52-23-13-17-41-16-9-10-20-47(41)52)44-29-24-39(25-30-44)38-14-5-3-6-15-38/h3-37H,1-2H3. The zero-order valence-corrected chi connectivity index (χ0v) is 32.0. The highest BCUT2D eigenvalue weighted by molar-refractivity contribution is 5.99. The summed E-state index contributed by atoms with van der Waals surface area (Å²) < 4.78 is 0. The van der Waals surface area contributed by atoms with E-state index < -0.39 is 0 Å². The van der Waals surface area contributed by atoms with Crippen LogP contribution in [0.2, 0.25) is 0 Å². The number of nitrogens with zero attached hydrogens (tertiary/aromatic N) is 3. The van der Waals surface area contributed by atoms with Gasteiger partial charge in [0.2, 0.25) is 0 Å². The molecule has 0 spiro atoms. The van der Waals surface area contributed by atoms with Crippen LogP contribution >= 0.6 is 0 Å². The van der Waals surface area contributed by atoms with Gasteiger partial charge in [-0.3, -0.25) is 4.90 Å². The maximum atomic E-state index is 5.11. The zero-order chi connectivity index (χ0) is 38.3. The monoisotopic (exact) mass is 731 g/mol. The van der Waals surface area contributed by atoms with Crippen LogP contribution in [-0.2, 0) is 5.41 Å². The quantitative estimate of drug-likeness (QED) is 0.155. The van der Waals surface area contributed by atoms with Crippen LogP contribution in [0.4, 0.5) is 34.3 Å². The predicted molar refractivity (Wildman–Crippen MR) is 240 cm³/mol. The molecule has 0 aliphatic heterocycles. The second kappa shape index (κ2) is 14.1. The molecular weight excluding hydrogens is 691 g/mol. The fourth-order valence-corrected chi connectivity index (χ4v) is 8.58. The lowest BCUT2D eigenvalue weighted by molar-refractivity contribution is 0.660. The van der Waals surface area contributed by atoms with Crippen molar-refractivity contribution in [3.63, 3.8) is 0 Å². The van der Waals surface area contributed by atoms with Crippen molar-refractivity contribution in [3.05, 3.63) is 224 Å². The second-order valence-corrected chi connectivity index (χ2v) is 15.3. The van der Waals surface area contributed by atoms with Gasteiger partial charge in [-0.05, 0) is 111 Å². The highest BCUT2D eigenvalue weighted by Crippen LogP contribution is 2.50. The lowest BCUT2D eigenvalue weighted by Gasteiger charge is -2.27. The molecule has 0 saturated heterocycles. The number of para-hydroxylation sites is 1. The molecule has 8 aromatic carbocycles. The molecule has 0 atom stereocenters. The van der Waals surface area contributed by atoms with Crippen molar-refractivity contribution in [2.75, 3.05) is 9.80 Å². The summed E-state index contributed by atoms with van der Waals surface area (Å²) in [5.41, 5.74) is 15.3. The fourth-order valence-electron chi connectivity index (χ4n) is 8.58. The maximum absolute atomic E-state index is 5.11. The van der Waals surface area contributed by atoms with Gasteiger partial charge in [-0.1, -0.05) is 153 Å². The Morgan fingerprint density at radius 3 is 1.65 bits per heavy atom. The molecule has 272 valence electrons. The van der Waals surface area contributed by atoms with E-state index in [1.165, 1.54) is 44.2 Å². The predicted octanol–water partition coefficient (Wildman–Crippen LogP) is 14.8. The van der Waals surface area contributed by atoms with E-state index in [9.17, 15) is 0 Å². The summed E-state index contributed by atoms with van der Waals surface area (Å²) in [6.45, 7) is 4.66. The summed E-state index contributed by atoms with van der Waals surface area (Å²) in [6, 6.07) is 73.9. The molecule has 0 radical (unpaired) electrons. The molecule has 0 bridgehead atoms. The molecule has 1 aromatic heterocycles.